The second kappa shape index (κ2) is 3.08. The van der Waals surface area contributed by atoms with Gasteiger partial charge in [0.05, 0.1) is 0 Å². The van der Waals surface area contributed by atoms with Crippen LogP contribution in [-0.2, 0) is 12.5 Å². The van der Waals surface area contributed by atoms with Crippen LogP contribution in [0.1, 0.15) is 18.4 Å². The van der Waals surface area contributed by atoms with E-state index in [2.05, 4.69) is 10.8 Å². The minimum absolute atomic E-state index is 0.118. The molecule has 3 rings (SSSR count). The van der Waals surface area contributed by atoms with Crippen LogP contribution in [0.5, 0.6) is 0 Å². The summed E-state index contributed by atoms with van der Waals surface area (Å²) in [4.78, 5) is 0. The highest BCUT2D eigenvalue weighted by atomic mass is 19.1. The van der Waals surface area contributed by atoms with Crippen molar-refractivity contribution in [2.75, 3.05) is 6.54 Å². The summed E-state index contributed by atoms with van der Waals surface area (Å²) < 4.78 is 15.4. The minimum atomic E-state index is -0.173. The van der Waals surface area contributed by atoms with Gasteiger partial charge in [-0.3, -0.25) is 0 Å². The predicted molar refractivity (Wildman–Crippen MR) is 62.8 cm³/mol. The van der Waals surface area contributed by atoms with E-state index in [0.29, 0.717) is 6.54 Å². The molecule has 16 heavy (non-hydrogen) atoms. The Morgan fingerprint density at radius 3 is 2.81 bits per heavy atom. The van der Waals surface area contributed by atoms with Crippen molar-refractivity contribution in [3.8, 4) is 0 Å². The van der Waals surface area contributed by atoms with E-state index >= 15 is 0 Å². The van der Waals surface area contributed by atoms with E-state index in [0.717, 1.165) is 23.7 Å². The fourth-order valence-electron chi connectivity index (χ4n) is 2.52. The van der Waals surface area contributed by atoms with Crippen LogP contribution < -0.4 is 5.73 Å². The van der Waals surface area contributed by atoms with E-state index in [9.17, 15) is 4.39 Å². The first kappa shape index (κ1) is 9.85. The van der Waals surface area contributed by atoms with E-state index in [1.807, 2.05) is 13.1 Å². The molecule has 84 valence electrons. The quantitative estimate of drug-likeness (QED) is 0.824. The fourth-order valence-corrected chi connectivity index (χ4v) is 2.52. The van der Waals surface area contributed by atoms with Crippen molar-refractivity contribution in [3.63, 3.8) is 0 Å². The van der Waals surface area contributed by atoms with Crippen LogP contribution in [0, 0.1) is 5.82 Å². The molecular weight excluding hydrogens is 203 g/mol. The number of rotatable bonds is 2. The summed E-state index contributed by atoms with van der Waals surface area (Å²) in [7, 11) is 2.00. The smallest absolute Gasteiger partial charge is 0.123 e. The van der Waals surface area contributed by atoms with Crippen molar-refractivity contribution >= 4 is 10.9 Å². The first-order valence-corrected chi connectivity index (χ1v) is 5.61. The van der Waals surface area contributed by atoms with Crippen LogP contribution in [-0.4, -0.2) is 11.1 Å². The summed E-state index contributed by atoms with van der Waals surface area (Å²) in [6.07, 6.45) is 4.35. The summed E-state index contributed by atoms with van der Waals surface area (Å²) in [5.41, 5.74) is 8.25. The van der Waals surface area contributed by atoms with Gasteiger partial charge >= 0.3 is 0 Å². The van der Waals surface area contributed by atoms with Crippen molar-refractivity contribution in [1.82, 2.24) is 4.57 Å². The maximum Gasteiger partial charge on any atom is 0.123 e. The maximum absolute atomic E-state index is 13.3. The molecule has 2 nitrogen and oxygen atoms in total. The highest BCUT2D eigenvalue weighted by Gasteiger charge is 2.44. The van der Waals surface area contributed by atoms with Gasteiger partial charge < -0.3 is 10.3 Å². The molecule has 1 aliphatic carbocycles. The largest absolute Gasteiger partial charge is 0.350 e. The molecule has 0 bridgehead atoms. The molecule has 0 aliphatic heterocycles. The second-order valence-corrected chi connectivity index (χ2v) is 4.80. The lowest BCUT2D eigenvalue weighted by molar-refractivity contribution is 0.629. The Balaban J connectivity index is 2.29. The number of fused-ring (bicyclic) bond motifs is 1. The standard InChI is InChI=1S/C13H15FN2/c1-16-7-11(13(8-15)4-5-13)10-6-9(14)2-3-12(10)16/h2-3,6-7H,4-5,8,15H2,1H3. The summed E-state index contributed by atoms with van der Waals surface area (Å²) in [5.74, 6) is -0.173. The van der Waals surface area contributed by atoms with Crippen molar-refractivity contribution in [1.29, 1.82) is 0 Å². The summed E-state index contributed by atoms with van der Waals surface area (Å²) >= 11 is 0. The molecule has 1 saturated carbocycles. The normalized spacial score (nSPS) is 17.9. The lowest BCUT2D eigenvalue weighted by Crippen LogP contribution is -2.19. The Kier molecular flexibility index (Phi) is 1.89. The average Bonchev–Trinajstić information content (AvgIpc) is 3.00. The highest BCUT2D eigenvalue weighted by Crippen LogP contribution is 2.49. The number of benzene rings is 1. The summed E-state index contributed by atoms with van der Waals surface area (Å²) in [6.45, 7) is 0.655. The number of nitrogens with two attached hydrogens (primary N) is 1. The summed E-state index contributed by atoms with van der Waals surface area (Å²) in [6, 6.07) is 4.97. The Hall–Kier alpha value is -1.35. The molecule has 1 aliphatic rings. The van der Waals surface area contributed by atoms with Crippen LogP contribution >= 0.6 is 0 Å². The first-order chi connectivity index (χ1) is 7.66. The lowest BCUT2D eigenvalue weighted by Gasteiger charge is -2.10. The third kappa shape index (κ3) is 1.21. The van der Waals surface area contributed by atoms with Crippen LogP contribution in [0.3, 0.4) is 0 Å². The minimum Gasteiger partial charge on any atom is -0.350 e. The first-order valence-electron chi connectivity index (χ1n) is 5.61. The molecule has 0 saturated heterocycles. The van der Waals surface area contributed by atoms with Crippen molar-refractivity contribution < 1.29 is 4.39 Å². The Labute approximate surface area is 93.9 Å². The lowest BCUT2D eigenvalue weighted by atomic mass is 9.96. The van der Waals surface area contributed by atoms with Gasteiger partial charge in [-0.1, -0.05) is 0 Å². The Bertz CT molecular complexity index is 552. The van der Waals surface area contributed by atoms with Gasteiger partial charge in [0.1, 0.15) is 5.82 Å². The number of hydrogen-bond acceptors (Lipinski definition) is 1. The fraction of sp³-hybridized carbons (Fsp3) is 0.385. The van der Waals surface area contributed by atoms with E-state index < -0.39 is 0 Å². The van der Waals surface area contributed by atoms with Crippen LogP contribution in [0.4, 0.5) is 4.39 Å². The number of hydrogen-bond donors (Lipinski definition) is 1. The van der Waals surface area contributed by atoms with E-state index in [-0.39, 0.29) is 11.2 Å². The third-order valence-electron chi connectivity index (χ3n) is 3.77. The SMILES string of the molecule is Cn1cc(C2(CN)CC2)c2cc(F)ccc21. The molecule has 1 aromatic heterocycles. The van der Waals surface area contributed by atoms with Gasteiger partial charge in [-0.15, -0.1) is 0 Å². The Morgan fingerprint density at radius 2 is 2.19 bits per heavy atom. The molecule has 1 fully saturated rings. The second-order valence-electron chi connectivity index (χ2n) is 4.80. The van der Waals surface area contributed by atoms with E-state index in [4.69, 9.17) is 5.73 Å². The van der Waals surface area contributed by atoms with Crippen molar-refractivity contribution in [2.45, 2.75) is 18.3 Å². The molecular formula is C13H15FN2. The van der Waals surface area contributed by atoms with Gasteiger partial charge in [-0.05, 0) is 36.6 Å². The molecule has 0 spiro atoms. The van der Waals surface area contributed by atoms with Gasteiger partial charge in [-0.25, -0.2) is 4.39 Å². The molecule has 3 heteroatoms. The monoisotopic (exact) mass is 218 g/mol. The van der Waals surface area contributed by atoms with Gasteiger partial charge in [0.2, 0.25) is 0 Å². The number of halogens is 1. The van der Waals surface area contributed by atoms with Crippen LogP contribution in [0.25, 0.3) is 10.9 Å². The summed E-state index contributed by atoms with van der Waals surface area (Å²) in [5, 5.41) is 1.02. The average molecular weight is 218 g/mol. The predicted octanol–water partition coefficient (Wildman–Crippen LogP) is 2.31. The highest BCUT2D eigenvalue weighted by molar-refractivity contribution is 5.85. The van der Waals surface area contributed by atoms with Gasteiger partial charge in [-0.2, -0.15) is 0 Å². The van der Waals surface area contributed by atoms with E-state index in [1.165, 1.54) is 11.6 Å². The molecule has 2 aromatic rings. The molecule has 1 aromatic carbocycles. The molecule has 2 N–H and O–H groups in total. The number of aryl methyl sites for hydroxylation is 1. The molecule has 1 heterocycles. The number of aromatic nitrogens is 1. The zero-order chi connectivity index (χ0) is 11.3. The van der Waals surface area contributed by atoms with E-state index in [1.54, 1.807) is 6.07 Å². The van der Waals surface area contributed by atoms with Crippen molar-refractivity contribution in [2.24, 2.45) is 12.8 Å². The van der Waals surface area contributed by atoms with Gasteiger partial charge in [0.25, 0.3) is 0 Å². The molecule has 0 radical (unpaired) electrons. The molecule has 0 amide bonds. The van der Waals surface area contributed by atoms with Gasteiger partial charge in [0.15, 0.2) is 0 Å². The van der Waals surface area contributed by atoms with Crippen molar-refractivity contribution in [3.05, 3.63) is 35.8 Å². The van der Waals surface area contributed by atoms with Crippen LogP contribution in [0.15, 0.2) is 24.4 Å². The van der Waals surface area contributed by atoms with Gasteiger partial charge in [0, 0.05) is 36.1 Å². The molecule has 0 atom stereocenters. The van der Waals surface area contributed by atoms with Crippen LogP contribution in [0.2, 0.25) is 0 Å². The maximum atomic E-state index is 13.3. The molecule has 0 unspecified atom stereocenters. The zero-order valence-corrected chi connectivity index (χ0v) is 9.33. The zero-order valence-electron chi connectivity index (χ0n) is 9.33. The Morgan fingerprint density at radius 1 is 1.44 bits per heavy atom. The topological polar surface area (TPSA) is 30.9 Å². The number of nitrogens with zero attached hydrogens (tertiary/aromatic N) is 1. The third-order valence-corrected chi connectivity index (χ3v) is 3.77.